The average molecular weight is 347 g/mol. The van der Waals surface area contributed by atoms with Crippen molar-refractivity contribution >= 4 is 0 Å². The molecule has 3 rings (SSSR count). The highest BCUT2D eigenvalue weighted by Gasteiger charge is 2.21. The van der Waals surface area contributed by atoms with Crippen molar-refractivity contribution in [1.29, 1.82) is 0 Å². The van der Waals surface area contributed by atoms with Crippen LogP contribution in [0.3, 0.4) is 0 Å². The third kappa shape index (κ3) is 6.75. The first kappa shape index (κ1) is 20.5. The molecule has 2 atom stereocenters. The number of hydrogen-bond acceptors (Lipinski definition) is 2. The van der Waals surface area contributed by atoms with Crippen molar-refractivity contribution in [2.75, 3.05) is 13.4 Å². The summed E-state index contributed by atoms with van der Waals surface area (Å²) >= 11 is 0. The van der Waals surface area contributed by atoms with Crippen LogP contribution in [0.4, 0.5) is 0 Å². The maximum atomic E-state index is 5.45. The molecular formula is C23H38O2. The molecule has 142 valence electrons. The van der Waals surface area contributed by atoms with Crippen LogP contribution in [0.5, 0.6) is 0 Å². The van der Waals surface area contributed by atoms with Gasteiger partial charge in [-0.1, -0.05) is 77.0 Å². The number of unbranched alkanes of at least 4 members (excludes halogenated alkanes) is 6. The van der Waals surface area contributed by atoms with E-state index < -0.39 is 0 Å². The lowest BCUT2D eigenvalue weighted by atomic mass is 9.95. The first-order valence-electron chi connectivity index (χ1n) is 10.6. The Bertz CT molecular complexity index is 566. The van der Waals surface area contributed by atoms with Crippen molar-refractivity contribution in [1.82, 2.24) is 0 Å². The maximum Gasteiger partial charge on any atom is 0.147 e. The second-order valence-corrected chi connectivity index (χ2v) is 7.65. The molecule has 0 radical (unpaired) electrons. The summed E-state index contributed by atoms with van der Waals surface area (Å²) in [6, 6.07) is 6.75. The molecule has 0 amide bonds. The van der Waals surface area contributed by atoms with Crippen LogP contribution in [0.2, 0.25) is 0 Å². The predicted octanol–water partition coefficient (Wildman–Crippen LogP) is 6.38. The molecule has 3 aliphatic rings. The van der Waals surface area contributed by atoms with Crippen LogP contribution >= 0.6 is 0 Å². The summed E-state index contributed by atoms with van der Waals surface area (Å²) in [7, 11) is 0. The molecule has 0 bridgehead atoms. The second kappa shape index (κ2) is 11.7. The van der Waals surface area contributed by atoms with Crippen LogP contribution in [-0.4, -0.2) is 19.5 Å². The predicted molar refractivity (Wildman–Crippen MR) is 106 cm³/mol. The van der Waals surface area contributed by atoms with E-state index in [1.165, 1.54) is 69.4 Å². The van der Waals surface area contributed by atoms with E-state index in [4.69, 9.17) is 9.47 Å². The molecule has 2 nitrogen and oxygen atoms in total. The van der Waals surface area contributed by atoms with Crippen molar-refractivity contribution < 1.29 is 9.47 Å². The molecule has 2 unspecified atom stereocenters. The number of rotatable bonds is 10. The van der Waals surface area contributed by atoms with Crippen molar-refractivity contribution in [3.63, 3.8) is 0 Å². The van der Waals surface area contributed by atoms with Gasteiger partial charge in [0.15, 0.2) is 0 Å². The molecule has 0 aromatic carbocycles. The SMILES string of the molecule is CCCCCCCC1COCOC1C.CCCCCc1cc2ccc1=2. The Balaban J connectivity index is 0.000000185. The van der Waals surface area contributed by atoms with Crippen molar-refractivity contribution in [2.24, 2.45) is 5.92 Å². The molecule has 0 saturated carbocycles. The fourth-order valence-corrected chi connectivity index (χ4v) is 3.60. The minimum Gasteiger partial charge on any atom is -0.355 e. The molecular weight excluding hydrogens is 308 g/mol. The van der Waals surface area contributed by atoms with Gasteiger partial charge in [-0.15, -0.1) is 0 Å². The van der Waals surface area contributed by atoms with Crippen LogP contribution < -0.4 is 0 Å². The highest BCUT2D eigenvalue weighted by molar-refractivity contribution is 5.33. The van der Waals surface area contributed by atoms with E-state index in [1.54, 1.807) is 10.8 Å². The smallest absolute Gasteiger partial charge is 0.147 e. The van der Waals surface area contributed by atoms with Gasteiger partial charge in [-0.25, -0.2) is 0 Å². The van der Waals surface area contributed by atoms with Gasteiger partial charge >= 0.3 is 0 Å². The number of ether oxygens (including phenoxy) is 2. The highest BCUT2D eigenvalue weighted by atomic mass is 16.7. The topological polar surface area (TPSA) is 18.5 Å². The molecule has 0 spiro atoms. The Morgan fingerprint density at radius 2 is 1.72 bits per heavy atom. The summed E-state index contributed by atoms with van der Waals surface area (Å²) in [5.41, 5.74) is 1.59. The summed E-state index contributed by atoms with van der Waals surface area (Å²) in [5.74, 6) is 0.630. The summed E-state index contributed by atoms with van der Waals surface area (Å²) < 4.78 is 10.8. The fourth-order valence-electron chi connectivity index (χ4n) is 3.60. The Morgan fingerprint density at radius 3 is 2.32 bits per heavy atom. The minimum absolute atomic E-state index is 0.398. The molecule has 1 saturated heterocycles. The number of benzene rings is 1. The lowest BCUT2D eigenvalue weighted by Gasteiger charge is -2.28. The number of aryl methyl sites for hydroxylation is 1. The van der Waals surface area contributed by atoms with E-state index in [1.807, 2.05) is 0 Å². The summed E-state index contributed by atoms with van der Waals surface area (Å²) in [6.07, 6.45) is 13.8. The van der Waals surface area contributed by atoms with Crippen LogP contribution in [0.1, 0.15) is 84.1 Å². The van der Waals surface area contributed by atoms with Crippen molar-refractivity contribution in [2.45, 2.75) is 91.1 Å². The van der Waals surface area contributed by atoms with E-state index >= 15 is 0 Å². The first-order chi connectivity index (χ1) is 12.3. The molecule has 2 aliphatic carbocycles. The van der Waals surface area contributed by atoms with Crippen LogP contribution in [0.25, 0.3) is 0 Å². The summed E-state index contributed by atoms with van der Waals surface area (Å²) in [4.78, 5) is 0. The van der Waals surface area contributed by atoms with Gasteiger partial charge in [0.25, 0.3) is 0 Å². The normalized spacial score (nSPS) is 20.8. The summed E-state index contributed by atoms with van der Waals surface area (Å²) in [5, 5.41) is 3.03. The van der Waals surface area contributed by atoms with Crippen LogP contribution in [0, 0.1) is 16.4 Å². The Hall–Kier alpha value is -0.860. The quantitative estimate of drug-likeness (QED) is 0.465. The zero-order chi connectivity index (χ0) is 17.9. The largest absolute Gasteiger partial charge is 0.355 e. The molecule has 25 heavy (non-hydrogen) atoms. The Kier molecular flexibility index (Phi) is 9.57. The fraction of sp³-hybridized carbons (Fsp3) is 0.739. The van der Waals surface area contributed by atoms with Crippen molar-refractivity contribution in [3.8, 4) is 0 Å². The Morgan fingerprint density at radius 1 is 0.960 bits per heavy atom. The first-order valence-corrected chi connectivity index (χ1v) is 10.6. The van der Waals surface area contributed by atoms with Gasteiger partial charge in [0.1, 0.15) is 6.79 Å². The molecule has 0 aromatic rings. The maximum absolute atomic E-state index is 5.45. The third-order valence-electron chi connectivity index (χ3n) is 5.55. The van der Waals surface area contributed by atoms with E-state index in [-0.39, 0.29) is 0 Å². The Labute approximate surface area is 154 Å². The molecule has 1 heterocycles. The minimum atomic E-state index is 0.398. The van der Waals surface area contributed by atoms with Gasteiger partial charge in [-0.2, -0.15) is 0 Å². The monoisotopic (exact) mass is 346 g/mol. The van der Waals surface area contributed by atoms with Crippen molar-refractivity contribution in [3.05, 3.63) is 34.2 Å². The van der Waals surface area contributed by atoms with Crippen LogP contribution in [0.15, 0.2) is 18.2 Å². The van der Waals surface area contributed by atoms with Gasteiger partial charge < -0.3 is 9.47 Å². The van der Waals surface area contributed by atoms with Gasteiger partial charge in [0.05, 0.1) is 12.7 Å². The summed E-state index contributed by atoms with van der Waals surface area (Å²) in [6.45, 7) is 8.07. The standard InChI is InChI=1S/C12H24O2.C11H14/c1-3-4-5-6-7-8-12-9-13-10-14-11(12)2;1-2-3-4-5-9-8-10-6-7-11(9)10/h11-12H,3-10H2,1-2H3;6-8H,2-5H2,1H3. The molecule has 2 heteroatoms. The van der Waals surface area contributed by atoms with Gasteiger partial charge in [-0.3, -0.25) is 0 Å². The number of hydrogen-bond donors (Lipinski definition) is 0. The van der Waals surface area contributed by atoms with Gasteiger partial charge in [0, 0.05) is 5.92 Å². The van der Waals surface area contributed by atoms with Crippen LogP contribution in [-0.2, 0) is 15.9 Å². The lowest BCUT2D eigenvalue weighted by Crippen LogP contribution is -2.31. The average Bonchev–Trinajstić information content (AvgIpc) is 2.61. The van der Waals surface area contributed by atoms with Gasteiger partial charge in [0.2, 0.25) is 0 Å². The zero-order valence-corrected chi connectivity index (χ0v) is 16.7. The molecule has 0 N–H and O–H groups in total. The zero-order valence-electron chi connectivity index (χ0n) is 16.7. The lowest BCUT2D eigenvalue weighted by molar-refractivity contribution is -0.165. The molecule has 1 fully saturated rings. The van der Waals surface area contributed by atoms with Gasteiger partial charge in [-0.05, 0) is 42.2 Å². The highest BCUT2D eigenvalue weighted by Crippen LogP contribution is 2.21. The van der Waals surface area contributed by atoms with E-state index in [0.29, 0.717) is 18.8 Å². The molecule has 0 aromatic heterocycles. The molecule has 1 aliphatic heterocycles. The van der Waals surface area contributed by atoms with E-state index in [2.05, 4.69) is 39.0 Å². The van der Waals surface area contributed by atoms with E-state index in [0.717, 1.165) is 6.61 Å². The van der Waals surface area contributed by atoms with E-state index in [9.17, 15) is 0 Å². The second-order valence-electron chi connectivity index (χ2n) is 7.65. The third-order valence-corrected chi connectivity index (χ3v) is 5.55.